The van der Waals surface area contributed by atoms with Crippen LogP contribution >= 0.6 is 0 Å². The lowest BCUT2D eigenvalue weighted by Gasteiger charge is -1.92. The normalized spacial score (nSPS) is 10.1. The Morgan fingerprint density at radius 2 is 2.27 bits per heavy atom. The lowest BCUT2D eigenvalue weighted by molar-refractivity contribution is 0.360. The van der Waals surface area contributed by atoms with Crippen LogP contribution in [0.4, 0.5) is 0 Å². The van der Waals surface area contributed by atoms with Gasteiger partial charge < -0.3 is 4.74 Å². The van der Waals surface area contributed by atoms with Crippen LogP contribution in [-0.2, 0) is 13.6 Å². The molecule has 0 aliphatic heterocycles. The van der Waals surface area contributed by atoms with E-state index in [0.29, 0.717) is 12.6 Å². The molecule has 1 rings (SSSR count). The Balaban J connectivity index is 3.23. The smallest absolute Gasteiger partial charge is 0.348 e. The Bertz CT molecular complexity index is 299. The number of aromatic nitrogens is 3. The van der Waals surface area contributed by atoms with Crippen molar-refractivity contribution in [2.24, 2.45) is 7.05 Å². The van der Waals surface area contributed by atoms with Crippen LogP contribution < -0.4 is 10.4 Å². The van der Waals surface area contributed by atoms with Gasteiger partial charge in [-0.1, -0.05) is 0 Å². The predicted molar refractivity (Wildman–Crippen MR) is 39.7 cm³/mol. The van der Waals surface area contributed by atoms with E-state index in [9.17, 15) is 4.79 Å². The minimum atomic E-state index is -0.149. The Kier molecular flexibility index (Phi) is 1.98. The summed E-state index contributed by atoms with van der Waals surface area (Å²) in [5, 5.41) is 3.89. The molecule has 1 heterocycles. The zero-order valence-corrected chi connectivity index (χ0v) is 6.87. The molecular formula is C6H11N3O2. The first kappa shape index (κ1) is 7.84. The van der Waals surface area contributed by atoms with Crippen molar-refractivity contribution in [1.82, 2.24) is 14.3 Å². The van der Waals surface area contributed by atoms with Crippen molar-refractivity contribution in [2.75, 3.05) is 7.11 Å². The molecule has 0 aliphatic carbocycles. The number of rotatable bonds is 2. The Morgan fingerprint density at radius 1 is 1.64 bits per heavy atom. The molecule has 11 heavy (non-hydrogen) atoms. The molecule has 0 spiro atoms. The first-order valence-electron chi connectivity index (χ1n) is 3.38. The highest BCUT2D eigenvalue weighted by Gasteiger charge is 2.07. The molecule has 0 saturated carbocycles. The summed E-state index contributed by atoms with van der Waals surface area (Å²) in [6, 6.07) is 0.344. The van der Waals surface area contributed by atoms with E-state index >= 15 is 0 Å². The summed E-state index contributed by atoms with van der Waals surface area (Å²) < 4.78 is 7.55. The van der Waals surface area contributed by atoms with E-state index in [1.165, 1.54) is 16.4 Å². The van der Waals surface area contributed by atoms with Crippen molar-refractivity contribution in [3.63, 3.8) is 0 Å². The molecule has 5 heteroatoms. The maximum absolute atomic E-state index is 11.2. The molecule has 0 fully saturated rings. The second-order valence-electron chi connectivity index (χ2n) is 2.14. The summed E-state index contributed by atoms with van der Waals surface area (Å²) in [6.07, 6.45) is 0. The number of hydrogen-bond acceptors (Lipinski definition) is 3. The maximum atomic E-state index is 11.2. The van der Waals surface area contributed by atoms with E-state index in [2.05, 4.69) is 5.10 Å². The van der Waals surface area contributed by atoms with Gasteiger partial charge in [0.2, 0.25) is 0 Å². The third-order valence-electron chi connectivity index (χ3n) is 1.48. The van der Waals surface area contributed by atoms with Crippen LogP contribution in [0, 0.1) is 0 Å². The van der Waals surface area contributed by atoms with Crippen LogP contribution in [0.25, 0.3) is 0 Å². The minimum absolute atomic E-state index is 0.149. The van der Waals surface area contributed by atoms with Gasteiger partial charge in [0.15, 0.2) is 0 Å². The monoisotopic (exact) mass is 157 g/mol. The van der Waals surface area contributed by atoms with Crippen LogP contribution in [-0.4, -0.2) is 21.5 Å². The zero-order chi connectivity index (χ0) is 8.43. The number of ether oxygens (including phenoxy) is 1. The fourth-order valence-electron chi connectivity index (χ4n) is 0.852. The van der Waals surface area contributed by atoms with Gasteiger partial charge in [0, 0.05) is 13.6 Å². The quantitative estimate of drug-likeness (QED) is 0.587. The number of methoxy groups -OCH3 is 1. The lowest BCUT2D eigenvalue weighted by atomic mass is 10.8. The second-order valence-corrected chi connectivity index (χ2v) is 2.14. The van der Waals surface area contributed by atoms with Gasteiger partial charge in [-0.25, -0.2) is 14.0 Å². The summed E-state index contributed by atoms with van der Waals surface area (Å²) in [6.45, 7) is 2.42. The number of hydrogen-bond donors (Lipinski definition) is 0. The van der Waals surface area contributed by atoms with Gasteiger partial charge in [-0.3, -0.25) is 0 Å². The molecule has 0 saturated heterocycles. The SMILES string of the molecule is CCn1nc(OC)n(C)c1=O. The topological polar surface area (TPSA) is 49.0 Å². The standard InChI is InChI=1S/C6H11N3O2/c1-4-9-6(10)8(2)5(7-9)11-3/h4H2,1-3H3. The highest BCUT2D eigenvalue weighted by atomic mass is 16.5. The average Bonchev–Trinajstić information content (AvgIpc) is 2.30. The molecule has 0 amide bonds. The molecule has 0 aliphatic rings. The largest absolute Gasteiger partial charge is 0.467 e. The van der Waals surface area contributed by atoms with Gasteiger partial charge in [0.05, 0.1) is 7.11 Å². The minimum Gasteiger partial charge on any atom is -0.467 e. The zero-order valence-electron chi connectivity index (χ0n) is 6.87. The van der Waals surface area contributed by atoms with Gasteiger partial charge in [-0.2, -0.15) is 0 Å². The molecule has 62 valence electrons. The molecular weight excluding hydrogens is 146 g/mol. The molecule has 1 aromatic heterocycles. The summed E-state index contributed by atoms with van der Waals surface area (Å²) in [5.74, 6) is 0. The summed E-state index contributed by atoms with van der Waals surface area (Å²) in [4.78, 5) is 11.2. The van der Waals surface area contributed by atoms with E-state index in [4.69, 9.17) is 4.74 Å². The van der Waals surface area contributed by atoms with Gasteiger partial charge >= 0.3 is 11.7 Å². The summed E-state index contributed by atoms with van der Waals surface area (Å²) in [7, 11) is 3.11. The molecule has 0 unspecified atom stereocenters. The van der Waals surface area contributed by atoms with E-state index in [-0.39, 0.29) is 5.69 Å². The highest BCUT2D eigenvalue weighted by molar-refractivity contribution is 4.91. The highest BCUT2D eigenvalue weighted by Crippen LogP contribution is 1.97. The van der Waals surface area contributed by atoms with Crippen molar-refractivity contribution in [2.45, 2.75) is 13.5 Å². The van der Waals surface area contributed by atoms with E-state index in [1.807, 2.05) is 6.92 Å². The van der Waals surface area contributed by atoms with Crippen molar-refractivity contribution in [3.8, 4) is 6.01 Å². The fourth-order valence-corrected chi connectivity index (χ4v) is 0.852. The van der Waals surface area contributed by atoms with Crippen molar-refractivity contribution in [3.05, 3.63) is 10.5 Å². The first-order valence-corrected chi connectivity index (χ1v) is 3.38. The third-order valence-corrected chi connectivity index (χ3v) is 1.48. The van der Waals surface area contributed by atoms with Gasteiger partial charge in [-0.05, 0) is 6.92 Å². The molecule has 1 aromatic rings. The Morgan fingerprint density at radius 3 is 2.55 bits per heavy atom. The van der Waals surface area contributed by atoms with Crippen molar-refractivity contribution >= 4 is 0 Å². The molecule has 0 bridgehead atoms. The number of nitrogens with zero attached hydrogens (tertiary/aromatic N) is 3. The van der Waals surface area contributed by atoms with Gasteiger partial charge in [0.25, 0.3) is 0 Å². The fraction of sp³-hybridized carbons (Fsp3) is 0.667. The van der Waals surface area contributed by atoms with E-state index in [1.54, 1.807) is 7.05 Å². The summed E-state index contributed by atoms with van der Waals surface area (Å²) in [5.41, 5.74) is -0.149. The van der Waals surface area contributed by atoms with Crippen LogP contribution in [0.15, 0.2) is 4.79 Å². The first-order chi connectivity index (χ1) is 5.20. The Labute approximate surface area is 64.2 Å². The second kappa shape index (κ2) is 2.77. The van der Waals surface area contributed by atoms with Gasteiger partial charge in [-0.15, -0.1) is 5.10 Å². The lowest BCUT2D eigenvalue weighted by Crippen LogP contribution is -2.22. The molecule has 0 atom stereocenters. The van der Waals surface area contributed by atoms with E-state index in [0.717, 1.165) is 0 Å². The Hall–Kier alpha value is -1.26. The third kappa shape index (κ3) is 1.13. The van der Waals surface area contributed by atoms with Gasteiger partial charge in [0.1, 0.15) is 0 Å². The van der Waals surface area contributed by atoms with Crippen LogP contribution in [0.2, 0.25) is 0 Å². The van der Waals surface area contributed by atoms with Crippen LogP contribution in [0.5, 0.6) is 6.01 Å². The van der Waals surface area contributed by atoms with Crippen molar-refractivity contribution < 1.29 is 4.74 Å². The molecule has 0 radical (unpaired) electrons. The maximum Gasteiger partial charge on any atom is 0.348 e. The summed E-state index contributed by atoms with van der Waals surface area (Å²) >= 11 is 0. The average molecular weight is 157 g/mol. The molecule has 0 N–H and O–H groups in total. The molecule has 5 nitrogen and oxygen atoms in total. The molecule has 0 aromatic carbocycles. The van der Waals surface area contributed by atoms with Crippen LogP contribution in [0.3, 0.4) is 0 Å². The predicted octanol–water partition coefficient (Wildman–Crippen LogP) is -0.390. The number of aryl methyl sites for hydroxylation is 1. The van der Waals surface area contributed by atoms with E-state index < -0.39 is 0 Å². The van der Waals surface area contributed by atoms with Crippen LogP contribution in [0.1, 0.15) is 6.92 Å². The van der Waals surface area contributed by atoms with Crippen molar-refractivity contribution in [1.29, 1.82) is 0 Å².